The molecule has 6 nitrogen and oxygen atoms in total. The molecule has 0 bridgehead atoms. The Labute approximate surface area is 208 Å². The van der Waals surface area contributed by atoms with Crippen LogP contribution in [0.2, 0.25) is 10.0 Å². The highest BCUT2D eigenvalue weighted by molar-refractivity contribution is 6.42. The largest absolute Gasteiger partial charge is 0.349 e. The van der Waals surface area contributed by atoms with Crippen LogP contribution < -0.4 is 4.90 Å². The molecule has 2 saturated heterocycles. The molecule has 3 aliphatic rings. The van der Waals surface area contributed by atoms with Crippen molar-refractivity contribution < 1.29 is 28.3 Å². The molecule has 0 unspecified atom stereocenters. The molecule has 3 aromatic rings. The lowest BCUT2D eigenvalue weighted by atomic mass is 9.77. The third kappa shape index (κ3) is 2.86. The lowest BCUT2D eigenvalue weighted by Crippen LogP contribution is -2.51. The summed E-state index contributed by atoms with van der Waals surface area (Å²) in [6, 6.07) is 15.7. The molecule has 1 aliphatic carbocycles. The normalized spacial score (nSPS) is 24.4. The average molecular weight is 510 g/mol. The molecule has 2 aliphatic heterocycles. The molecule has 9 heteroatoms. The van der Waals surface area contributed by atoms with Crippen LogP contribution in [-0.2, 0) is 14.3 Å². The molecule has 0 saturated carbocycles. The van der Waals surface area contributed by atoms with E-state index in [1.165, 1.54) is 54.6 Å². The summed E-state index contributed by atoms with van der Waals surface area (Å²) >= 11 is 12.1. The van der Waals surface area contributed by atoms with Crippen LogP contribution in [-0.4, -0.2) is 29.0 Å². The second-order valence-corrected chi connectivity index (χ2v) is 9.46. The third-order valence-corrected chi connectivity index (χ3v) is 7.62. The van der Waals surface area contributed by atoms with Crippen molar-refractivity contribution in [1.82, 2.24) is 0 Å². The maximum absolute atomic E-state index is 13.8. The fraction of sp³-hybridized carbons (Fsp3) is 0.154. The molecule has 6 rings (SSSR count). The standard InChI is InChI=1S/C26H14Cl2FNO5/c27-17-10-9-14(11-18(17)28)30-24(33)19-20(25(30)34)26(35-21(19)12-5-7-13(29)8-6-12)22(31)15-3-1-2-4-16(15)23(26)32/h1-11,19-21H/t19-,20+,21+/m0/s1. The second kappa shape index (κ2) is 7.55. The quantitative estimate of drug-likeness (QED) is 0.365. The Morgan fingerprint density at radius 1 is 0.800 bits per heavy atom. The van der Waals surface area contributed by atoms with Crippen LogP contribution in [0, 0.1) is 17.7 Å². The molecule has 3 aromatic carbocycles. The minimum atomic E-state index is -2.20. The van der Waals surface area contributed by atoms with Gasteiger partial charge in [0.15, 0.2) is 0 Å². The monoisotopic (exact) mass is 509 g/mol. The van der Waals surface area contributed by atoms with Gasteiger partial charge in [0, 0.05) is 11.1 Å². The van der Waals surface area contributed by atoms with Crippen molar-refractivity contribution in [3.8, 4) is 0 Å². The molecule has 3 atom stereocenters. The average Bonchev–Trinajstić information content (AvgIpc) is 3.41. The third-order valence-electron chi connectivity index (χ3n) is 6.88. The number of nitrogens with zero attached hydrogens (tertiary/aromatic N) is 1. The van der Waals surface area contributed by atoms with E-state index < -0.39 is 52.7 Å². The fourth-order valence-corrected chi connectivity index (χ4v) is 5.64. The van der Waals surface area contributed by atoms with E-state index in [2.05, 4.69) is 0 Å². The van der Waals surface area contributed by atoms with Crippen LogP contribution in [0.4, 0.5) is 10.1 Å². The number of ketones is 2. The van der Waals surface area contributed by atoms with Crippen LogP contribution in [0.1, 0.15) is 32.4 Å². The molecule has 1 spiro atoms. The highest BCUT2D eigenvalue weighted by Crippen LogP contribution is 2.57. The molecule has 174 valence electrons. The van der Waals surface area contributed by atoms with Gasteiger partial charge in [0.1, 0.15) is 5.82 Å². The number of benzene rings is 3. The maximum Gasteiger partial charge on any atom is 0.241 e. The summed E-state index contributed by atoms with van der Waals surface area (Å²) < 4.78 is 19.8. The number of imide groups is 1. The highest BCUT2D eigenvalue weighted by Gasteiger charge is 2.74. The number of hydrogen-bond donors (Lipinski definition) is 0. The number of carbonyl (C=O) groups excluding carboxylic acids is 4. The summed E-state index contributed by atoms with van der Waals surface area (Å²) in [5.41, 5.74) is -1.42. The number of carbonyl (C=O) groups is 4. The Bertz CT molecular complexity index is 1440. The zero-order valence-electron chi connectivity index (χ0n) is 17.7. The molecule has 2 heterocycles. The number of ether oxygens (including phenoxy) is 1. The number of hydrogen-bond acceptors (Lipinski definition) is 5. The van der Waals surface area contributed by atoms with Crippen LogP contribution in [0.25, 0.3) is 0 Å². The van der Waals surface area contributed by atoms with Gasteiger partial charge in [-0.1, -0.05) is 59.6 Å². The van der Waals surface area contributed by atoms with Gasteiger partial charge in [0.05, 0.1) is 33.7 Å². The Kier molecular flexibility index (Phi) is 4.77. The van der Waals surface area contributed by atoms with Gasteiger partial charge in [-0.25, -0.2) is 9.29 Å². The number of Topliss-reactive ketones (excluding diaryl/α,β-unsaturated/α-hetero) is 2. The lowest BCUT2D eigenvalue weighted by Gasteiger charge is -2.27. The van der Waals surface area contributed by atoms with Gasteiger partial charge in [-0.2, -0.15) is 0 Å². The first kappa shape index (κ1) is 22.1. The first-order valence-corrected chi connectivity index (χ1v) is 11.5. The van der Waals surface area contributed by atoms with Gasteiger partial charge < -0.3 is 4.74 Å². The van der Waals surface area contributed by atoms with Crippen molar-refractivity contribution >= 4 is 52.3 Å². The van der Waals surface area contributed by atoms with E-state index >= 15 is 0 Å². The predicted molar refractivity (Wildman–Crippen MR) is 124 cm³/mol. The minimum Gasteiger partial charge on any atom is -0.349 e. The van der Waals surface area contributed by atoms with Gasteiger partial charge in [0.25, 0.3) is 0 Å². The number of halogens is 3. The smallest absolute Gasteiger partial charge is 0.241 e. The van der Waals surface area contributed by atoms with E-state index in [-0.39, 0.29) is 26.9 Å². The molecule has 0 radical (unpaired) electrons. The van der Waals surface area contributed by atoms with Crippen molar-refractivity contribution in [3.05, 3.63) is 99.3 Å². The zero-order chi connectivity index (χ0) is 24.6. The summed E-state index contributed by atoms with van der Waals surface area (Å²) in [6.07, 6.45) is -1.13. The molecule has 0 N–H and O–H groups in total. The molecular formula is C26H14Cl2FNO5. The lowest BCUT2D eigenvalue weighted by molar-refractivity contribution is -0.127. The van der Waals surface area contributed by atoms with Gasteiger partial charge in [0.2, 0.25) is 29.0 Å². The van der Waals surface area contributed by atoms with Gasteiger partial charge in [-0.3, -0.25) is 19.2 Å². The highest BCUT2D eigenvalue weighted by atomic mass is 35.5. The Balaban J connectivity index is 1.54. The summed E-state index contributed by atoms with van der Waals surface area (Å²) in [7, 11) is 0. The van der Waals surface area contributed by atoms with Crippen molar-refractivity contribution in [1.29, 1.82) is 0 Å². The second-order valence-electron chi connectivity index (χ2n) is 8.64. The summed E-state index contributed by atoms with van der Waals surface area (Å²) in [5.74, 6) is -5.86. The van der Waals surface area contributed by atoms with E-state index in [1.54, 1.807) is 12.1 Å². The Morgan fingerprint density at radius 2 is 1.43 bits per heavy atom. The number of amides is 2. The Morgan fingerprint density at radius 3 is 2.03 bits per heavy atom. The van der Waals surface area contributed by atoms with Crippen LogP contribution in [0.5, 0.6) is 0 Å². The SMILES string of the molecule is O=C1[C@@H]2[C@@H](c3ccc(F)cc3)OC3(C(=O)c4ccccc4C3=O)[C@H]2C(=O)N1c1ccc(Cl)c(Cl)c1. The molecule has 2 fully saturated rings. The number of fused-ring (bicyclic) bond motifs is 3. The molecule has 0 aromatic heterocycles. The predicted octanol–water partition coefficient (Wildman–Crippen LogP) is 4.83. The minimum absolute atomic E-state index is 0.128. The van der Waals surface area contributed by atoms with Crippen LogP contribution in [0.3, 0.4) is 0 Å². The molecular weight excluding hydrogens is 496 g/mol. The zero-order valence-corrected chi connectivity index (χ0v) is 19.2. The van der Waals surface area contributed by atoms with Gasteiger partial charge >= 0.3 is 0 Å². The molecule has 35 heavy (non-hydrogen) atoms. The van der Waals surface area contributed by atoms with E-state index in [9.17, 15) is 23.6 Å². The van der Waals surface area contributed by atoms with E-state index in [4.69, 9.17) is 27.9 Å². The van der Waals surface area contributed by atoms with E-state index in [1.807, 2.05) is 0 Å². The first-order valence-electron chi connectivity index (χ1n) is 10.7. The summed E-state index contributed by atoms with van der Waals surface area (Å²) in [6.45, 7) is 0. The number of rotatable bonds is 2. The number of anilines is 1. The van der Waals surface area contributed by atoms with Crippen molar-refractivity contribution in [2.75, 3.05) is 4.90 Å². The Hall–Kier alpha value is -3.39. The van der Waals surface area contributed by atoms with Gasteiger partial charge in [-0.15, -0.1) is 0 Å². The summed E-state index contributed by atoms with van der Waals surface area (Å²) in [4.78, 5) is 55.8. The van der Waals surface area contributed by atoms with Crippen molar-refractivity contribution in [2.45, 2.75) is 11.7 Å². The topological polar surface area (TPSA) is 80.8 Å². The molecule has 2 amide bonds. The van der Waals surface area contributed by atoms with Gasteiger partial charge in [-0.05, 0) is 35.9 Å². The van der Waals surface area contributed by atoms with E-state index in [0.29, 0.717) is 5.56 Å². The fourth-order valence-electron chi connectivity index (χ4n) is 5.35. The van der Waals surface area contributed by atoms with Crippen LogP contribution in [0.15, 0.2) is 66.7 Å². The summed E-state index contributed by atoms with van der Waals surface area (Å²) in [5, 5.41) is 0.360. The van der Waals surface area contributed by atoms with Crippen molar-refractivity contribution in [3.63, 3.8) is 0 Å². The van der Waals surface area contributed by atoms with Crippen molar-refractivity contribution in [2.24, 2.45) is 11.8 Å². The van der Waals surface area contributed by atoms with Crippen LogP contribution >= 0.6 is 23.2 Å². The maximum atomic E-state index is 13.8. The van der Waals surface area contributed by atoms with E-state index in [0.717, 1.165) is 4.90 Å². The first-order chi connectivity index (χ1) is 16.8.